The minimum absolute atomic E-state index is 0.0530. The molecule has 4 rings (SSSR count). The van der Waals surface area contributed by atoms with Gasteiger partial charge in [0.2, 0.25) is 11.6 Å². The number of halogens is 4. The molecule has 3 aromatic rings. The van der Waals surface area contributed by atoms with Crippen LogP contribution in [0.2, 0.25) is 0 Å². The Kier molecular flexibility index (Phi) is 9.48. The fraction of sp³-hybridized carbons (Fsp3) is 0.375. The Balaban J connectivity index is 1.42. The summed E-state index contributed by atoms with van der Waals surface area (Å²) in [6.07, 6.45) is 10.2. The summed E-state index contributed by atoms with van der Waals surface area (Å²) in [5, 5.41) is 0. The number of hydrogen-bond donors (Lipinski definition) is 0. The fourth-order valence-corrected chi connectivity index (χ4v) is 4.91. The number of allylic oxidation sites excluding steroid dienone is 1. The monoisotopic (exact) mass is 526 g/mol. The van der Waals surface area contributed by atoms with Crippen molar-refractivity contribution in [1.29, 1.82) is 0 Å². The van der Waals surface area contributed by atoms with E-state index in [1.54, 1.807) is 31.2 Å². The first-order valence-electron chi connectivity index (χ1n) is 13.4. The van der Waals surface area contributed by atoms with Crippen molar-refractivity contribution in [3.05, 3.63) is 83.4 Å². The van der Waals surface area contributed by atoms with Gasteiger partial charge in [-0.25, -0.2) is 8.78 Å². The van der Waals surface area contributed by atoms with Crippen LogP contribution in [0, 0.1) is 29.2 Å². The maximum Gasteiger partial charge on any atom is 0.201 e. The zero-order valence-corrected chi connectivity index (χ0v) is 22.0. The maximum absolute atomic E-state index is 15.0. The van der Waals surface area contributed by atoms with Gasteiger partial charge in [-0.05, 0) is 73.1 Å². The van der Waals surface area contributed by atoms with E-state index in [1.807, 2.05) is 0 Å². The zero-order valence-electron chi connectivity index (χ0n) is 22.0. The molecule has 0 heterocycles. The van der Waals surface area contributed by atoms with Crippen molar-refractivity contribution in [3.8, 4) is 33.8 Å². The van der Waals surface area contributed by atoms with Crippen molar-refractivity contribution < 1.29 is 27.0 Å². The third kappa shape index (κ3) is 6.40. The Morgan fingerprint density at radius 3 is 1.79 bits per heavy atom. The molecule has 0 saturated carbocycles. The predicted molar refractivity (Wildman–Crippen MR) is 143 cm³/mol. The summed E-state index contributed by atoms with van der Waals surface area (Å²) in [6.45, 7) is 4.35. The fourth-order valence-electron chi connectivity index (χ4n) is 4.91. The molecule has 6 heteroatoms. The molecule has 0 aromatic heterocycles. The lowest BCUT2D eigenvalue weighted by atomic mass is 9.86. The van der Waals surface area contributed by atoms with Crippen molar-refractivity contribution in [2.75, 3.05) is 13.2 Å². The SMILES string of the molecule is CCCCCC1CC=C(COc2ccc(-c3ccc(-c4ccc(OCC)c(F)c4F)cc3)c(F)c2F)CC1. The minimum Gasteiger partial charge on any atom is -0.491 e. The van der Waals surface area contributed by atoms with E-state index < -0.39 is 23.3 Å². The summed E-state index contributed by atoms with van der Waals surface area (Å²) >= 11 is 0. The number of rotatable bonds is 11. The van der Waals surface area contributed by atoms with Crippen LogP contribution in [0.25, 0.3) is 22.3 Å². The number of ether oxygens (including phenoxy) is 2. The lowest BCUT2D eigenvalue weighted by Crippen LogP contribution is -2.11. The quantitative estimate of drug-likeness (QED) is 0.141. The third-order valence-corrected chi connectivity index (χ3v) is 7.14. The van der Waals surface area contributed by atoms with Gasteiger partial charge in [0.05, 0.1) is 6.61 Å². The van der Waals surface area contributed by atoms with E-state index in [-0.39, 0.29) is 35.8 Å². The van der Waals surface area contributed by atoms with Crippen LogP contribution in [0.4, 0.5) is 17.6 Å². The number of benzene rings is 3. The van der Waals surface area contributed by atoms with Gasteiger partial charge in [0.15, 0.2) is 23.1 Å². The molecule has 1 aliphatic carbocycles. The van der Waals surface area contributed by atoms with Gasteiger partial charge in [0.25, 0.3) is 0 Å². The highest BCUT2D eigenvalue weighted by Gasteiger charge is 2.19. The molecule has 0 N–H and O–H groups in total. The van der Waals surface area contributed by atoms with E-state index in [9.17, 15) is 17.6 Å². The van der Waals surface area contributed by atoms with Crippen LogP contribution in [0.3, 0.4) is 0 Å². The number of unbranched alkanes of at least 4 members (excludes halogenated alkanes) is 2. The highest BCUT2D eigenvalue weighted by atomic mass is 19.2. The summed E-state index contributed by atoms with van der Waals surface area (Å²) in [6, 6.07) is 11.9. The van der Waals surface area contributed by atoms with Crippen molar-refractivity contribution >= 4 is 0 Å². The van der Waals surface area contributed by atoms with Crippen molar-refractivity contribution in [2.45, 2.75) is 58.8 Å². The van der Waals surface area contributed by atoms with Gasteiger partial charge in [0, 0.05) is 11.1 Å². The zero-order chi connectivity index (χ0) is 27.1. The molecule has 0 aliphatic heterocycles. The molecule has 0 radical (unpaired) electrons. The van der Waals surface area contributed by atoms with E-state index in [0.29, 0.717) is 17.0 Å². The molecule has 2 nitrogen and oxygen atoms in total. The van der Waals surface area contributed by atoms with Gasteiger partial charge in [-0.15, -0.1) is 0 Å². The van der Waals surface area contributed by atoms with Crippen LogP contribution in [-0.4, -0.2) is 13.2 Å². The first kappa shape index (κ1) is 27.7. The molecule has 1 unspecified atom stereocenters. The van der Waals surface area contributed by atoms with Crippen molar-refractivity contribution in [3.63, 3.8) is 0 Å². The molecule has 1 atom stereocenters. The minimum atomic E-state index is -1.06. The molecule has 0 amide bonds. The smallest absolute Gasteiger partial charge is 0.201 e. The Morgan fingerprint density at radius 2 is 1.29 bits per heavy atom. The van der Waals surface area contributed by atoms with Gasteiger partial charge < -0.3 is 9.47 Å². The Bertz CT molecular complexity index is 1270. The summed E-state index contributed by atoms with van der Waals surface area (Å²) in [5.41, 5.74) is 2.05. The van der Waals surface area contributed by atoms with Gasteiger partial charge in [-0.3, -0.25) is 0 Å². The summed E-state index contributed by atoms with van der Waals surface area (Å²) in [4.78, 5) is 0. The maximum atomic E-state index is 15.0. The van der Waals surface area contributed by atoms with E-state index in [1.165, 1.54) is 49.9 Å². The summed E-state index contributed by atoms with van der Waals surface area (Å²) in [7, 11) is 0. The Hall–Kier alpha value is -3.28. The second-order valence-electron chi connectivity index (χ2n) is 9.78. The van der Waals surface area contributed by atoms with E-state index in [4.69, 9.17) is 9.47 Å². The lowest BCUT2D eigenvalue weighted by molar-refractivity contribution is 0.310. The molecule has 0 fully saturated rings. The van der Waals surface area contributed by atoms with Crippen LogP contribution in [-0.2, 0) is 0 Å². The normalized spacial score (nSPS) is 15.3. The molecule has 1 aliphatic rings. The molecule has 0 spiro atoms. The summed E-state index contributed by atoms with van der Waals surface area (Å²) in [5.74, 6) is -3.72. The first-order chi connectivity index (χ1) is 18.4. The highest BCUT2D eigenvalue weighted by molar-refractivity contribution is 5.72. The first-order valence-corrected chi connectivity index (χ1v) is 13.4. The molecular formula is C32H34F4O2. The Morgan fingerprint density at radius 1 is 0.711 bits per heavy atom. The average molecular weight is 527 g/mol. The van der Waals surface area contributed by atoms with Crippen LogP contribution >= 0.6 is 0 Å². The second-order valence-corrected chi connectivity index (χ2v) is 9.78. The van der Waals surface area contributed by atoms with E-state index >= 15 is 0 Å². The van der Waals surface area contributed by atoms with Crippen LogP contribution in [0.5, 0.6) is 11.5 Å². The average Bonchev–Trinajstić information content (AvgIpc) is 2.93. The molecule has 202 valence electrons. The Labute approximate surface area is 222 Å². The summed E-state index contributed by atoms with van der Waals surface area (Å²) < 4.78 is 69.4. The second kappa shape index (κ2) is 13.0. The van der Waals surface area contributed by atoms with Crippen molar-refractivity contribution in [2.24, 2.45) is 5.92 Å². The molecular weight excluding hydrogens is 492 g/mol. The largest absolute Gasteiger partial charge is 0.491 e. The van der Waals surface area contributed by atoms with Crippen molar-refractivity contribution in [1.82, 2.24) is 0 Å². The topological polar surface area (TPSA) is 18.5 Å². The highest BCUT2D eigenvalue weighted by Crippen LogP contribution is 2.34. The van der Waals surface area contributed by atoms with E-state index in [0.717, 1.165) is 24.8 Å². The standard InChI is InChI=1S/C32H34F4O2/c1-3-5-6-7-21-8-10-22(11-9-21)20-38-28-19-17-26(30(34)32(28)36)24-14-12-23(13-15-24)25-16-18-27(37-4-2)31(35)29(25)33/h10,12-19,21H,3-9,11,20H2,1-2H3. The third-order valence-electron chi connectivity index (χ3n) is 7.14. The molecule has 0 saturated heterocycles. The van der Waals surface area contributed by atoms with Gasteiger partial charge in [-0.2, -0.15) is 8.78 Å². The molecule has 38 heavy (non-hydrogen) atoms. The number of hydrogen-bond acceptors (Lipinski definition) is 2. The van der Waals surface area contributed by atoms with E-state index in [2.05, 4.69) is 13.0 Å². The molecule has 0 bridgehead atoms. The van der Waals surface area contributed by atoms with Gasteiger partial charge in [0.1, 0.15) is 6.61 Å². The molecule has 3 aromatic carbocycles. The van der Waals surface area contributed by atoms with Gasteiger partial charge in [-0.1, -0.05) is 62.9 Å². The lowest BCUT2D eigenvalue weighted by Gasteiger charge is -2.22. The van der Waals surface area contributed by atoms with Gasteiger partial charge >= 0.3 is 0 Å². The van der Waals surface area contributed by atoms with Crippen LogP contribution in [0.1, 0.15) is 58.8 Å². The van der Waals surface area contributed by atoms with Crippen LogP contribution < -0.4 is 9.47 Å². The van der Waals surface area contributed by atoms with Crippen LogP contribution in [0.15, 0.2) is 60.2 Å². The predicted octanol–water partition coefficient (Wildman–Crippen LogP) is 9.66.